The van der Waals surface area contributed by atoms with Gasteiger partial charge in [-0.3, -0.25) is 0 Å². The second-order valence-electron chi connectivity index (χ2n) is 7.57. The Labute approximate surface area is 128 Å². The van der Waals surface area contributed by atoms with Crippen LogP contribution in [0.3, 0.4) is 0 Å². The molecule has 2 saturated heterocycles. The van der Waals surface area contributed by atoms with E-state index in [0.29, 0.717) is 12.5 Å². The van der Waals surface area contributed by atoms with Crippen LogP contribution in [0.2, 0.25) is 0 Å². The second kappa shape index (κ2) is 5.10. The van der Waals surface area contributed by atoms with Gasteiger partial charge in [0.05, 0.1) is 23.9 Å². The zero-order valence-corrected chi connectivity index (χ0v) is 14.0. The quantitative estimate of drug-likeness (QED) is 0.809. The van der Waals surface area contributed by atoms with Crippen LogP contribution in [0.1, 0.15) is 56.7 Å². The van der Waals surface area contributed by atoms with Crippen LogP contribution in [0.25, 0.3) is 0 Å². The van der Waals surface area contributed by atoms with Crippen molar-refractivity contribution >= 4 is 0 Å². The number of rotatable bonds is 4. The lowest BCUT2D eigenvalue weighted by atomic mass is 9.75. The summed E-state index contributed by atoms with van der Waals surface area (Å²) < 4.78 is 12.8. The van der Waals surface area contributed by atoms with E-state index in [0.717, 1.165) is 12.8 Å². The summed E-state index contributed by atoms with van der Waals surface area (Å²) in [5.41, 5.74) is 3.89. The van der Waals surface area contributed by atoms with Crippen LogP contribution in [0.5, 0.6) is 0 Å². The van der Waals surface area contributed by atoms with E-state index in [1.165, 1.54) is 23.1 Å². The molecule has 3 rings (SSSR count). The van der Waals surface area contributed by atoms with E-state index in [2.05, 4.69) is 52.8 Å². The van der Waals surface area contributed by atoms with Gasteiger partial charge in [0.25, 0.3) is 0 Å². The molecule has 21 heavy (non-hydrogen) atoms. The highest BCUT2D eigenvalue weighted by Crippen LogP contribution is 2.55. The molecule has 2 bridgehead atoms. The summed E-state index contributed by atoms with van der Waals surface area (Å²) in [4.78, 5) is 0. The molecule has 0 aromatic heterocycles. The van der Waals surface area contributed by atoms with E-state index in [1.807, 2.05) is 0 Å². The minimum absolute atomic E-state index is 0.0566. The van der Waals surface area contributed by atoms with E-state index < -0.39 is 0 Å². The van der Waals surface area contributed by atoms with Gasteiger partial charge >= 0.3 is 0 Å². The maximum absolute atomic E-state index is 6.44. The average molecular weight is 288 g/mol. The fraction of sp³-hybridized carbons (Fsp3) is 0.684. The van der Waals surface area contributed by atoms with E-state index in [-0.39, 0.29) is 17.3 Å². The number of hydrogen-bond donors (Lipinski definition) is 0. The molecule has 1 aromatic carbocycles. The van der Waals surface area contributed by atoms with Crippen molar-refractivity contribution in [3.05, 3.63) is 34.9 Å². The van der Waals surface area contributed by atoms with Crippen molar-refractivity contribution in [1.29, 1.82) is 0 Å². The molecule has 0 unspecified atom stereocenters. The molecule has 2 aliphatic heterocycles. The second-order valence-corrected chi connectivity index (χ2v) is 7.57. The Balaban J connectivity index is 1.71. The molecule has 2 nitrogen and oxygen atoms in total. The fourth-order valence-electron chi connectivity index (χ4n) is 3.95. The first-order chi connectivity index (χ1) is 9.85. The van der Waals surface area contributed by atoms with Crippen LogP contribution in [0.15, 0.2) is 18.2 Å². The Hall–Kier alpha value is -0.860. The zero-order chi connectivity index (χ0) is 15.3. The van der Waals surface area contributed by atoms with Gasteiger partial charge in [-0.2, -0.15) is 0 Å². The molecule has 0 saturated carbocycles. The molecule has 3 atom stereocenters. The molecule has 0 amide bonds. The van der Waals surface area contributed by atoms with Crippen molar-refractivity contribution < 1.29 is 9.47 Å². The molecular formula is C19H28O2. The molecule has 2 aliphatic rings. The van der Waals surface area contributed by atoms with Gasteiger partial charge in [0, 0.05) is 6.42 Å². The molecule has 2 heteroatoms. The monoisotopic (exact) mass is 288 g/mol. The van der Waals surface area contributed by atoms with Gasteiger partial charge in [-0.1, -0.05) is 37.6 Å². The predicted octanol–water partition coefficient (Wildman–Crippen LogP) is 4.56. The number of benzene rings is 1. The van der Waals surface area contributed by atoms with E-state index in [1.54, 1.807) is 0 Å². The summed E-state index contributed by atoms with van der Waals surface area (Å²) in [6.45, 7) is 11.8. The zero-order valence-electron chi connectivity index (χ0n) is 14.0. The van der Waals surface area contributed by atoms with E-state index >= 15 is 0 Å². The standard InChI is InChI=1S/C19H28O2/c1-13(2)19-9-8-18(5,21-19)17(11-19)20-12-16-10-14(3)6-7-15(16)4/h6-7,10,13,17H,8-9,11-12H2,1-5H3/t17-,18-,19+/m0/s1. The Bertz CT molecular complexity index is 536. The summed E-state index contributed by atoms with van der Waals surface area (Å²) >= 11 is 0. The Morgan fingerprint density at radius 1 is 1.29 bits per heavy atom. The summed E-state index contributed by atoms with van der Waals surface area (Å²) in [6, 6.07) is 6.58. The number of ether oxygens (including phenoxy) is 2. The van der Waals surface area contributed by atoms with Gasteiger partial charge in [-0.25, -0.2) is 0 Å². The van der Waals surface area contributed by atoms with Gasteiger partial charge in [0.1, 0.15) is 0 Å². The smallest absolute Gasteiger partial charge is 0.0924 e. The molecule has 2 heterocycles. The van der Waals surface area contributed by atoms with Crippen LogP contribution in [-0.4, -0.2) is 17.3 Å². The van der Waals surface area contributed by atoms with Crippen molar-refractivity contribution in [3.63, 3.8) is 0 Å². The van der Waals surface area contributed by atoms with Gasteiger partial charge in [0.2, 0.25) is 0 Å². The molecule has 1 aromatic rings. The lowest BCUT2D eigenvalue weighted by Gasteiger charge is -2.31. The molecule has 0 spiro atoms. The van der Waals surface area contributed by atoms with Crippen LogP contribution < -0.4 is 0 Å². The number of hydrogen-bond acceptors (Lipinski definition) is 2. The Morgan fingerprint density at radius 2 is 2.05 bits per heavy atom. The molecule has 0 N–H and O–H groups in total. The van der Waals surface area contributed by atoms with Crippen LogP contribution in [0.4, 0.5) is 0 Å². The minimum atomic E-state index is -0.0813. The van der Waals surface area contributed by atoms with Crippen molar-refractivity contribution in [2.24, 2.45) is 5.92 Å². The lowest BCUT2D eigenvalue weighted by molar-refractivity contribution is -0.0960. The Morgan fingerprint density at radius 3 is 2.71 bits per heavy atom. The third kappa shape index (κ3) is 2.53. The molecule has 0 radical (unpaired) electrons. The summed E-state index contributed by atoms with van der Waals surface area (Å²) in [7, 11) is 0. The SMILES string of the molecule is Cc1ccc(C)c(CO[C@H]2C[C@@]3(C(C)C)CC[C@]2(C)O3)c1. The first-order valence-electron chi connectivity index (χ1n) is 8.23. The molecule has 116 valence electrons. The summed E-state index contributed by atoms with van der Waals surface area (Å²) in [6.07, 6.45) is 3.59. The van der Waals surface area contributed by atoms with Crippen molar-refractivity contribution in [2.75, 3.05) is 0 Å². The molecular weight excluding hydrogens is 260 g/mol. The average Bonchev–Trinajstić information content (AvgIpc) is 2.92. The van der Waals surface area contributed by atoms with Gasteiger partial charge < -0.3 is 9.47 Å². The maximum atomic E-state index is 6.44. The van der Waals surface area contributed by atoms with Gasteiger partial charge in [-0.15, -0.1) is 0 Å². The number of fused-ring (bicyclic) bond motifs is 2. The van der Waals surface area contributed by atoms with Crippen LogP contribution in [-0.2, 0) is 16.1 Å². The third-order valence-electron chi connectivity index (χ3n) is 5.69. The fourth-order valence-corrected chi connectivity index (χ4v) is 3.95. The third-order valence-corrected chi connectivity index (χ3v) is 5.69. The highest BCUT2D eigenvalue weighted by molar-refractivity contribution is 5.30. The van der Waals surface area contributed by atoms with Gasteiger partial charge in [-0.05, 0) is 50.7 Å². The van der Waals surface area contributed by atoms with Crippen molar-refractivity contribution in [3.8, 4) is 0 Å². The lowest BCUT2D eigenvalue weighted by Crippen LogP contribution is -2.38. The topological polar surface area (TPSA) is 18.5 Å². The van der Waals surface area contributed by atoms with E-state index in [4.69, 9.17) is 9.47 Å². The van der Waals surface area contributed by atoms with Gasteiger partial charge in [0.15, 0.2) is 0 Å². The van der Waals surface area contributed by atoms with E-state index in [9.17, 15) is 0 Å². The molecule has 2 fully saturated rings. The maximum Gasteiger partial charge on any atom is 0.0924 e. The predicted molar refractivity (Wildman–Crippen MR) is 85.4 cm³/mol. The number of aryl methyl sites for hydroxylation is 2. The minimum Gasteiger partial charge on any atom is -0.370 e. The molecule has 0 aliphatic carbocycles. The first-order valence-corrected chi connectivity index (χ1v) is 8.23. The normalized spacial score (nSPS) is 34.9. The largest absolute Gasteiger partial charge is 0.370 e. The van der Waals surface area contributed by atoms with Crippen molar-refractivity contribution in [1.82, 2.24) is 0 Å². The highest BCUT2D eigenvalue weighted by Gasteiger charge is 2.60. The van der Waals surface area contributed by atoms with Crippen LogP contribution in [0, 0.1) is 19.8 Å². The van der Waals surface area contributed by atoms with Crippen molar-refractivity contribution in [2.45, 2.75) is 77.8 Å². The summed E-state index contributed by atoms with van der Waals surface area (Å²) in [5, 5.41) is 0. The summed E-state index contributed by atoms with van der Waals surface area (Å²) in [5.74, 6) is 0.564. The Kier molecular flexibility index (Phi) is 3.66. The highest BCUT2D eigenvalue weighted by atomic mass is 16.6. The first kappa shape index (κ1) is 15.1. The van der Waals surface area contributed by atoms with Crippen LogP contribution >= 0.6 is 0 Å².